The van der Waals surface area contributed by atoms with Gasteiger partial charge in [0.25, 0.3) is 11.5 Å². The lowest BCUT2D eigenvalue weighted by Gasteiger charge is -2.07. The van der Waals surface area contributed by atoms with E-state index in [2.05, 4.69) is 15.5 Å². The van der Waals surface area contributed by atoms with Gasteiger partial charge in [0.2, 0.25) is 0 Å². The number of hydrogen-bond donors (Lipinski definition) is 1. The Labute approximate surface area is 144 Å². The lowest BCUT2D eigenvalue weighted by atomic mass is 10.3. The number of benzene rings is 1. The fourth-order valence-corrected chi connectivity index (χ4v) is 2.50. The molecular formula is C18H17N5O2. The maximum absolute atomic E-state index is 12.5. The number of hydrazone groups is 1. The Kier molecular flexibility index (Phi) is 4.56. The first kappa shape index (κ1) is 16.4. The van der Waals surface area contributed by atoms with Crippen molar-refractivity contribution in [2.45, 2.75) is 6.92 Å². The molecule has 0 fully saturated rings. The molecule has 0 aliphatic rings. The molecule has 3 aromatic rings. The molecule has 2 heterocycles. The highest BCUT2D eigenvalue weighted by Gasteiger charge is 2.14. The zero-order chi connectivity index (χ0) is 17.8. The molecule has 2 aromatic heterocycles. The number of carbonyl (C=O) groups excluding carboxylic acids is 1. The maximum atomic E-state index is 12.5. The van der Waals surface area contributed by atoms with Crippen molar-refractivity contribution >= 4 is 12.1 Å². The molecule has 25 heavy (non-hydrogen) atoms. The first-order valence-electron chi connectivity index (χ1n) is 7.68. The van der Waals surface area contributed by atoms with Crippen LogP contribution in [0, 0.1) is 6.92 Å². The van der Waals surface area contributed by atoms with Crippen LogP contribution >= 0.6 is 0 Å². The van der Waals surface area contributed by atoms with E-state index in [1.807, 2.05) is 30.3 Å². The molecule has 0 saturated heterocycles. The molecular weight excluding hydrogens is 318 g/mol. The second kappa shape index (κ2) is 6.96. The predicted octanol–water partition coefficient (Wildman–Crippen LogP) is 1.64. The van der Waals surface area contributed by atoms with Crippen molar-refractivity contribution in [3.8, 4) is 5.69 Å². The van der Waals surface area contributed by atoms with Crippen LogP contribution in [0.3, 0.4) is 0 Å². The highest BCUT2D eigenvalue weighted by molar-refractivity contribution is 5.93. The van der Waals surface area contributed by atoms with Crippen molar-refractivity contribution in [3.05, 3.63) is 82.0 Å². The normalized spacial score (nSPS) is 11.0. The molecule has 0 atom stereocenters. The van der Waals surface area contributed by atoms with Crippen molar-refractivity contribution in [2.24, 2.45) is 12.1 Å². The summed E-state index contributed by atoms with van der Waals surface area (Å²) < 4.78 is 3.25. The number of pyridine rings is 1. The molecule has 0 unspecified atom stereocenters. The summed E-state index contributed by atoms with van der Waals surface area (Å²) >= 11 is 0. The third-order valence-electron chi connectivity index (χ3n) is 3.80. The van der Waals surface area contributed by atoms with Crippen LogP contribution < -0.4 is 11.0 Å². The first-order chi connectivity index (χ1) is 12.1. The van der Waals surface area contributed by atoms with Gasteiger partial charge in [-0.1, -0.05) is 24.3 Å². The van der Waals surface area contributed by atoms with Gasteiger partial charge in [-0.3, -0.25) is 19.3 Å². The number of nitrogens with one attached hydrogen (secondary N) is 1. The fraction of sp³-hybridized carbons (Fsp3) is 0.111. The highest BCUT2D eigenvalue weighted by Crippen LogP contribution is 2.08. The van der Waals surface area contributed by atoms with Gasteiger partial charge in [0.1, 0.15) is 5.69 Å². The van der Waals surface area contributed by atoms with E-state index in [9.17, 15) is 9.59 Å². The summed E-state index contributed by atoms with van der Waals surface area (Å²) in [5.41, 5.74) is 4.46. The molecule has 0 spiro atoms. The molecule has 0 saturated carbocycles. The predicted molar refractivity (Wildman–Crippen MR) is 95.0 cm³/mol. The summed E-state index contributed by atoms with van der Waals surface area (Å²) in [6, 6.07) is 14.4. The molecule has 0 radical (unpaired) electrons. The van der Waals surface area contributed by atoms with E-state index in [1.165, 1.54) is 12.4 Å². The summed E-state index contributed by atoms with van der Waals surface area (Å²) in [6.07, 6.45) is 2.99. The van der Waals surface area contributed by atoms with Crippen molar-refractivity contribution in [3.63, 3.8) is 0 Å². The Bertz CT molecular complexity index is 972. The maximum Gasteiger partial charge on any atom is 0.289 e. The zero-order valence-electron chi connectivity index (χ0n) is 13.9. The molecule has 0 bridgehead atoms. The lowest BCUT2D eigenvalue weighted by molar-refractivity contribution is 0.0950. The van der Waals surface area contributed by atoms with Crippen molar-refractivity contribution < 1.29 is 4.79 Å². The van der Waals surface area contributed by atoms with Crippen LogP contribution in [0.4, 0.5) is 0 Å². The Balaban J connectivity index is 1.86. The van der Waals surface area contributed by atoms with Crippen molar-refractivity contribution in [1.29, 1.82) is 0 Å². The molecule has 3 rings (SSSR count). The SMILES string of the molecule is Cc1c(/C=N\NC(=O)c2ccccn2)n(C)n(-c2ccccc2)c1=O. The number of para-hydroxylation sites is 1. The molecule has 126 valence electrons. The molecule has 0 aliphatic heterocycles. The summed E-state index contributed by atoms with van der Waals surface area (Å²) in [7, 11) is 1.77. The largest absolute Gasteiger partial charge is 0.289 e. The van der Waals surface area contributed by atoms with Crippen LogP contribution in [-0.4, -0.2) is 26.5 Å². The van der Waals surface area contributed by atoms with Gasteiger partial charge in [0.05, 0.1) is 17.6 Å². The topological polar surface area (TPSA) is 81.3 Å². The number of amides is 1. The molecule has 1 N–H and O–H groups in total. The minimum atomic E-state index is -0.415. The van der Waals surface area contributed by atoms with E-state index in [4.69, 9.17) is 0 Å². The highest BCUT2D eigenvalue weighted by atomic mass is 16.2. The summed E-state index contributed by atoms with van der Waals surface area (Å²) in [5.74, 6) is -0.415. The van der Waals surface area contributed by atoms with E-state index < -0.39 is 5.91 Å². The van der Waals surface area contributed by atoms with Gasteiger partial charge in [-0.25, -0.2) is 10.1 Å². The van der Waals surface area contributed by atoms with Gasteiger partial charge in [-0.15, -0.1) is 0 Å². The number of aromatic nitrogens is 3. The number of carbonyl (C=O) groups is 1. The number of hydrogen-bond acceptors (Lipinski definition) is 4. The number of rotatable bonds is 4. The van der Waals surface area contributed by atoms with Crippen molar-refractivity contribution in [2.75, 3.05) is 0 Å². The van der Waals surface area contributed by atoms with E-state index >= 15 is 0 Å². The van der Waals surface area contributed by atoms with Crippen LogP contribution in [0.1, 0.15) is 21.7 Å². The van der Waals surface area contributed by atoms with Gasteiger partial charge < -0.3 is 0 Å². The quantitative estimate of drug-likeness (QED) is 0.581. The van der Waals surface area contributed by atoms with Gasteiger partial charge in [-0.05, 0) is 31.2 Å². The fourth-order valence-electron chi connectivity index (χ4n) is 2.50. The van der Waals surface area contributed by atoms with Gasteiger partial charge in [0.15, 0.2) is 0 Å². The monoisotopic (exact) mass is 335 g/mol. The van der Waals surface area contributed by atoms with Crippen molar-refractivity contribution in [1.82, 2.24) is 19.8 Å². The van der Waals surface area contributed by atoms with Gasteiger partial charge in [0, 0.05) is 18.8 Å². The van der Waals surface area contributed by atoms with E-state index in [-0.39, 0.29) is 11.3 Å². The average Bonchev–Trinajstić information content (AvgIpc) is 2.86. The second-order valence-corrected chi connectivity index (χ2v) is 5.40. The van der Waals surface area contributed by atoms with E-state index in [0.717, 1.165) is 5.69 Å². The Hall–Kier alpha value is -3.48. The zero-order valence-corrected chi connectivity index (χ0v) is 13.9. The smallest absolute Gasteiger partial charge is 0.279 e. The Morgan fingerprint density at radius 3 is 2.56 bits per heavy atom. The molecule has 0 aliphatic carbocycles. The molecule has 1 amide bonds. The minimum absolute atomic E-state index is 0.133. The Morgan fingerprint density at radius 1 is 1.16 bits per heavy atom. The van der Waals surface area contributed by atoms with E-state index in [0.29, 0.717) is 11.3 Å². The third-order valence-corrected chi connectivity index (χ3v) is 3.80. The summed E-state index contributed by atoms with van der Waals surface area (Å²) in [5, 5.41) is 3.95. The lowest BCUT2D eigenvalue weighted by Crippen LogP contribution is -2.20. The first-order valence-corrected chi connectivity index (χ1v) is 7.68. The number of nitrogens with zero attached hydrogens (tertiary/aromatic N) is 4. The van der Waals surface area contributed by atoms with E-state index in [1.54, 1.807) is 41.5 Å². The molecule has 7 heteroatoms. The third kappa shape index (κ3) is 3.25. The summed E-state index contributed by atoms with van der Waals surface area (Å²) in [6.45, 7) is 1.73. The standard InChI is InChI=1S/C18H17N5O2/c1-13-16(12-20-21-17(24)15-10-6-7-11-19-15)22(2)23(18(13)25)14-8-4-3-5-9-14/h3-12H,1-2H3,(H,21,24)/b20-12-. The minimum Gasteiger partial charge on any atom is -0.279 e. The molecule has 7 nitrogen and oxygen atoms in total. The molecule has 1 aromatic carbocycles. The van der Waals surface area contributed by atoms with Crippen LogP contribution in [0.5, 0.6) is 0 Å². The van der Waals surface area contributed by atoms with Gasteiger partial charge in [-0.2, -0.15) is 5.10 Å². The average molecular weight is 335 g/mol. The van der Waals surface area contributed by atoms with Crippen LogP contribution in [0.15, 0.2) is 64.6 Å². The Morgan fingerprint density at radius 2 is 1.88 bits per heavy atom. The van der Waals surface area contributed by atoms with Gasteiger partial charge >= 0.3 is 0 Å². The van der Waals surface area contributed by atoms with Crippen LogP contribution in [-0.2, 0) is 7.05 Å². The van der Waals surface area contributed by atoms with Crippen LogP contribution in [0.25, 0.3) is 5.69 Å². The summed E-state index contributed by atoms with van der Waals surface area (Å²) in [4.78, 5) is 28.4. The second-order valence-electron chi connectivity index (χ2n) is 5.40. The van der Waals surface area contributed by atoms with Crippen LogP contribution in [0.2, 0.25) is 0 Å².